The van der Waals surface area contributed by atoms with Crippen molar-refractivity contribution in [2.75, 3.05) is 20.2 Å². The van der Waals surface area contributed by atoms with Gasteiger partial charge in [0.2, 0.25) is 0 Å². The molecular weight excluding hydrogens is 212 g/mol. The van der Waals surface area contributed by atoms with Gasteiger partial charge in [-0.1, -0.05) is 6.42 Å². The first kappa shape index (κ1) is 13.3. The molecule has 4 unspecified atom stereocenters. The van der Waals surface area contributed by atoms with Crippen LogP contribution < -0.4 is 5.32 Å². The highest BCUT2D eigenvalue weighted by Gasteiger charge is 2.31. The first-order valence-electron chi connectivity index (χ1n) is 7.25. The fourth-order valence-electron chi connectivity index (χ4n) is 3.29. The van der Waals surface area contributed by atoms with E-state index in [4.69, 9.17) is 4.74 Å². The van der Waals surface area contributed by atoms with E-state index in [2.05, 4.69) is 31.1 Å². The Hall–Kier alpha value is -0.120. The second-order valence-electron chi connectivity index (χ2n) is 5.83. The molecule has 3 heteroatoms. The van der Waals surface area contributed by atoms with Crippen molar-refractivity contribution in [3.63, 3.8) is 0 Å². The number of hydrogen-bond donors (Lipinski definition) is 1. The maximum Gasteiger partial charge on any atom is 0.0703 e. The van der Waals surface area contributed by atoms with Crippen molar-refractivity contribution in [2.45, 2.75) is 70.2 Å². The fourth-order valence-corrected chi connectivity index (χ4v) is 3.29. The highest BCUT2D eigenvalue weighted by molar-refractivity contribution is 4.85. The molecule has 3 nitrogen and oxygen atoms in total. The highest BCUT2D eigenvalue weighted by atomic mass is 16.5. The molecule has 1 N–H and O–H groups in total. The summed E-state index contributed by atoms with van der Waals surface area (Å²) in [7, 11) is 2.27. The molecule has 0 aromatic heterocycles. The van der Waals surface area contributed by atoms with Gasteiger partial charge < -0.3 is 10.1 Å². The van der Waals surface area contributed by atoms with Crippen LogP contribution in [0.15, 0.2) is 0 Å². The third-order valence-corrected chi connectivity index (χ3v) is 4.59. The number of hydrogen-bond acceptors (Lipinski definition) is 3. The van der Waals surface area contributed by atoms with Gasteiger partial charge >= 0.3 is 0 Å². The number of rotatable bonds is 4. The number of nitrogens with one attached hydrogen (secondary N) is 1. The van der Waals surface area contributed by atoms with Gasteiger partial charge in [0.05, 0.1) is 6.10 Å². The third kappa shape index (κ3) is 3.43. The quantitative estimate of drug-likeness (QED) is 0.813. The van der Waals surface area contributed by atoms with Gasteiger partial charge in [-0.2, -0.15) is 0 Å². The molecule has 17 heavy (non-hydrogen) atoms. The number of likely N-dealkylation sites (N-methyl/N-ethyl adjacent to an activating group) is 1. The largest absolute Gasteiger partial charge is 0.377 e. The Morgan fingerprint density at radius 2 is 2.18 bits per heavy atom. The topological polar surface area (TPSA) is 24.5 Å². The molecule has 0 saturated carbocycles. The Bertz CT molecular complexity index is 228. The van der Waals surface area contributed by atoms with E-state index >= 15 is 0 Å². The first-order valence-corrected chi connectivity index (χ1v) is 7.25. The van der Waals surface area contributed by atoms with Gasteiger partial charge in [0.25, 0.3) is 0 Å². The Balaban J connectivity index is 1.79. The van der Waals surface area contributed by atoms with Crippen LogP contribution in [0.4, 0.5) is 0 Å². The molecule has 2 rings (SSSR count). The van der Waals surface area contributed by atoms with E-state index in [1.807, 2.05) is 0 Å². The normalized spacial score (nSPS) is 36.4. The van der Waals surface area contributed by atoms with Crippen LogP contribution in [-0.2, 0) is 4.74 Å². The van der Waals surface area contributed by atoms with Crippen molar-refractivity contribution in [3.05, 3.63) is 0 Å². The van der Waals surface area contributed by atoms with Crippen LogP contribution in [0.1, 0.15) is 46.0 Å². The van der Waals surface area contributed by atoms with E-state index in [0.29, 0.717) is 18.2 Å². The fraction of sp³-hybridized carbons (Fsp3) is 1.00. The van der Waals surface area contributed by atoms with Crippen LogP contribution in [0.5, 0.6) is 0 Å². The van der Waals surface area contributed by atoms with Gasteiger partial charge in [-0.25, -0.2) is 0 Å². The lowest BCUT2D eigenvalue weighted by Gasteiger charge is -2.35. The van der Waals surface area contributed by atoms with Crippen LogP contribution in [-0.4, -0.2) is 49.3 Å². The van der Waals surface area contributed by atoms with Crippen LogP contribution in [0, 0.1) is 0 Å². The Morgan fingerprint density at radius 1 is 1.35 bits per heavy atom. The summed E-state index contributed by atoms with van der Waals surface area (Å²) in [5.74, 6) is 0. The summed E-state index contributed by atoms with van der Waals surface area (Å²) in [6.07, 6.45) is 6.99. The van der Waals surface area contributed by atoms with E-state index < -0.39 is 0 Å². The predicted molar refractivity (Wildman–Crippen MR) is 71.3 cm³/mol. The summed E-state index contributed by atoms with van der Waals surface area (Å²) in [4.78, 5) is 2.54. The zero-order chi connectivity index (χ0) is 12.3. The minimum absolute atomic E-state index is 0.404. The standard InChI is InChI=1S/C14H28N2O/c1-11(10-13-6-4-5-8-15-13)16(3)14-7-9-17-12(14)2/h11-15H,4-10H2,1-3H3. The SMILES string of the molecule is CC1OCCC1N(C)C(C)CC1CCCCN1. The Kier molecular flexibility index (Phi) is 4.83. The Morgan fingerprint density at radius 3 is 2.76 bits per heavy atom. The zero-order valence-electron chi connectivity index (χ0n) is 11.6. The molecule has 0 aliphatic carbocycles. The zero-order valence-corrected chi connectivity index (χ0v) is 11.6. The molecule has 2 fully saturated rings. The molecule has 0 amide bonds. The molecular formula is C14H28N2O. The molecule has 0 aromatic carbocycles. The summed E-state index contributed by atoms with van der Waals surface area (Å²) in [6.45, 7) is 6.72. The van der Waals surface area contributed by atoms with E-state index in [1.165, 1.54) is 38.6 Å². The molecule has 0 aromatic rings. The van der Waals surface area contributed by atoms with Gasteiger partial charge in [-0.15, -0.1) is 0 Å². The predicted octanol–water partition coefficient (Wildman–Crippen LogP) is 2.02. The molecule has 2 aliphatic heterocycles. The molecule has 2 saturated heterocycles. The van der Waals surface area contributed by atoms with Crippen molar-refractivity contribution >= 4 is 0 Å². The molecule has 100 valence electrons. The smallest absolute Gasteiger partial charge is 0.0703 e. The van der Waals surface area contributed by atoms with Crippen molar-refractivity contribution in [2.24, 2.45) is 0 Å². The molecule has 0 radical (unpaired) electrons. The van der Waals surface area contributed by atoms with Crippen molar-refractivity contribution in [1.82, 2.24) is 10.2 Å². The summed E-state index contributed by atoms with van der Waals surface area (Å²) in [6, 6.07) is 2.01. The lowest BCUT2D eigenvalue weighted by molar-refractivity contribution is 0.0660. The number of nitrogens with zero attached hydrogens (tertiary/aromatic N) is 1. The summed E-state index contributed by atoms with van der Waals surface area (Å²) in [5.41, 5.74) is 0. The second-order valence-corrected chi connectivity index (χ2v) is 5.83. The van der Waals surface area contributed by atoms with Crippen LogP contribution in [0.3, 0.4) is 0 Å². The van der Waals surface area contributed by atoms with E-state index in [0.717, 1.165) is 12.6 Å². The van der Waals surface area contributed by atoms with Crippen molar-refractivity contribution < 1.29 is 4.74 Å². The van der Waals surface area contributed by atoms with Crippen LogP contribution in [0.25, 0.3) is 0 Å². The van der Waals surface area contributed by atoms with Gasteiger partial charge in [0, 0.05) is 24.7 Å². The van der Waals surface area contributed by atoms with Crippen molar-refractivity contribution in [3.8, 4) is 0 Å². The monoisotopic (exact) mass is 240 g/mol. The molecule has 0 spiro atoms. The van der Waals surface area contributed by atoms with Gasteiger partial charge in [0.15, 0.2) is 0 Å². The second kappa shape index (κ2) is 6.17. The number of ether oxygens (including phenoxy) is 1. The highest BCUT2D eigenvalue weighted by Crippen LogP contribution is 2.22. The summed E-state index contributed by atoms with van der Waals surface area (Å²) < 4.78 is 5.67. The third-order valence-electron chi connectivity index (χ3n) is 4.59. The van der Waals surface area contributed by atoms with E-state index in [1.54, 1.807) is 0 Å². The van der Waals surface area contributed by atoms with Crippen LogP contribution in [0.2, 0.25) is 0 Å². The van der Waals surface area contributed by atoms with Gasteiger partial charge in [-0.05, 0) is 53.1 Å². The van der Waals surface area contributed by atoms with Crippen LogP contribution >= 0.6 is 0 Å². The maximum atomic E-state index is 5.67. The van der Waals surface area contributed by atoms with Gasteiger partial charge in [0.1, 0.15) is 0 Å². The minimum atomic E-state index is 0.404. The van der Waals surface area contributed by atoms with Gasteiger partial charge in [-0.3, -0.25) is 4.90 Å². The van der Waals surface area contributed by atoms with E-state index in [-0.39, 0.29) is 0 Å². The summed E-state index contributed by atoms with van der Waals surface area (Å²) >= 11 is 0. The Labute approximate surface area is 106 Å². The molecule has 0 bridgehead atoms. The number of piperidine rings is 1. The lowest BCUT2D eigenvalue weighted by Crippen LogP contribution is -2.46. The minimum Gasteiger partial charge on any atom is -0.377 e. The summed E-state index contributed by atoms with van der Waals surface area (Å²) in [5, 5.41) is 3.65. The maximum absolute atomic E-state index is 5.67. The van der Waals surface area contributed by atoms with Crippen molar-refractivity contribution in [1.29, 1.82) is 0 Å². The van der Waals surface area contributed by atoms with E-state index in [9.17, 15) is 0 Å². The molecule has 2 heterocycles. The molecule has 2 aliphatic rings. The average Bonchev–Trinajstić information content (AvgIpc) is 2.76. The average molecular weight is 240 g/mol. The lowest BCUT2D eigenvalue weighted by atomic mass is 9.97. The first-order chi connectivity index (χ1) is 8.18. The molecule has 4 atom stereocenters.